The van der Waals surface area contributed by atoms with E-state index in [1.165, 1.54) is 11.1 Å². The van der Waals surface area contributed by atoms with Crippen molar-refractivity contribution in [3.8, 4) is 0 Å². The topological polar surface area (TPSA) is 20.9 Å². The molecule has 0 aliphatic carbocycles. The predicted octanol–water partition coefficient (Wildman–Crippen LogP) is 1.23. The van der Waals surface area contributed by atoms with Gasteiger partial charge in [-0.1, -0.05) is 60.2 Å². The number of rotatable bonds is 5. The van der Waals surface area contributed by atoms with E-state index in [0.29, 0.717) is 5.56 Å². The van der Waals surface area contributed by atoms with Crippen molar-refractivity contribution in [1.82, 2.24) is 0 Å². The van der Waals surface area contributed by atoms with Crippen LogP contribution in [0.1, 0.15) is 27.0 Å². The van der Waals surface area contributed by atoms with Crippen LogP contribution >= 0.6 is 0 Å². The highest BCUT2D eigenvalue weighted by molar-refractivity contribution is 6.05. The van der Waals surface area contributed by atoms with Crippen LogP contribution in [0.5, 0.6) is 0 Å². The Morgan fingerprint density at radius 3 is 2.32 bits per heavy atom. The van der Waals surface area contributed by atoms with Crippen molar-refractivity contribution in [3.05, 3.63) is 107 Å². The number of ketones is 1. The number of halogens is 1. The summed E-state index contributed by atoms with van der Waals surface area (Å²) in [5, 5.41) is 0. The second-order valence-electron chi connectivity index (χ2n) is 5.87. The fraction of sp³-hybridized carbons (Fsp3) is 0.0909. The van der Waals surface area contributed by atoms with E-state index < -0.39 is 0 Å². The van der Waals surface area contributed by atoms with Crippen molar-refractivity contribution < 1.29 is 21.8 Å². The molecule has 0 saturated carbocycles. The second kappa shape index (κ2) is 8.95. The Labute approximate surface area is 154 Å². The number of hydrogen-bond donors (Lipinski definition) is 0. The average molecular weight is 350 g/mol. The molecule has 3 rings (SSSR count). The van der Waals surface area contributed by atoms with E-state index in [0.717, 1.165) is 12.0 Å². The predicted molar refractivity (Wildman–Crippen MR) is 96.7 cm³/mol. The average Bonchev–Trinajstić information content (AvgIpc) is 2.61. The molecule has 0 radical (unpaired) electrons. The van der Waals surface area contributed by atoms with Crippen LogP contribution in [0, 0.1) is 6.92 Å². The molecule has 0 atom stereocenters. The molecule has 0 spiro atoms. The van der Waals surface area contributed by atoms with Gasteiger partial charge in [0.25, 0.3) is 0 Å². The Morgan fingerprint density at radius 1 is 0.920 bits per heavy atom. The SMILES string of the molecule is Cc1ccc(C(=O)C=C[n+]2cccc(Cc3ccccc3)c2)cc1.[Cl-]. The number of nitrogens with zero attached hydrogens (tertiary/aromatic N) is 1. The standard InChI is InChI=1S/C22H20NO.ClH/c1-18-9-11-21(12-10-18)22(24)13-15-23-14-5-8-20(17-23)16-19-6-3-2-4-7-19;/h2-15,17H,16H2,1H3;1H/q+1;/p-1. The number of benzene rings is 2. The largest absolute Gasteiger partial charge is 1.00 e. The summed E-state index contributed by atoms with van der Waals surface area (Å²) in [5.74, 6) is 0.0102. The molecule has 25 heavy (non-hydrogen) atoms. The molecule has 0 amide bonds. The van der Waals surface area contributed by atoms with Crippen molar-refractivity contribution in [2.24, 2.45) is 0 Å². The Balaban J connectivity index is 0.00000225. The zero-order chi connectivity index (χ0) is 16.8. The Hall–Kier alpha value is -2.71. The van der Waals surface area contributed by atoms with E-state index in [1.807, 2.05) is 72.4 Å². The summed E-state index contributed by atoms with van der Waals surface area (Å²) in [4.78, 5) is 12.2. The van der Waals surface area contributed by atoms with Crippen molar-refractivity contribution >= 4 is 12.0 Å². The maximum absolute atomic E-state index is 12.2. The number of hydrogen-bond acceptors (Lipinski definition) is 1. The molecule has 2 nitrogen and oxygen atoms in total. The monoisotopic (exact) mass is 349 g/mol. The number of aryl methyl sites for hydroxylation is 1. The highest BCUT2D eigenvalue weighted by Gasteiger charge is 2.04. The fourth-order valence-electron chi connectivity index (χ4n) is 2.54. The van der Waals surface area contributed by atoms with Crippen LogP contribution in [0.2, 0.25) is 0 Å². The molecule has 0 aliphatic rings. The zero-order valence-corrected chi connectivity index (χ0v) is 14.9. The van der Waals surface area contributed by atoms with E-state index in [4.69, 9.17) is 0 Å². The third kappa shape index (κ3) is 5.40. The normalized spacial score (nSPS) is 10.4. The van der Waals surface area contributed by atoms with Gasteiger partial charge in [-0.15, -0.1) is 0 Å². The van der Waals surface area contributed by atoms with Gasteiger partial charge in [-0.25, -0.2) is 0 Å². The first-order chi connectivity index (χ1) is 11.7. The van der Waals surface area contributed by atoms with E-state index in [1.54, 1.807) is 12.3 Å². The van der Waals surface area contributed by atoms with Crippen LogP contribution < -0.4 is 17.0 Å². The minimum Gasteiger partial charge on any atom is -1.00 e. The van der Waals surface area contributed by atoms with Crippen LogP contribution in [-0.4, -0.2) is 5.78 Å². The van der Waals surface area contributed by atoms with Crippen molar-refractivity contribution in [2.75, 3.05) is 0 Å². The second-order valence-corrected chi connectivity index (χ2v) is 5.87. The van der Waals surface area contributed by atoms with Crippen LogP contribution in [0.15, 0.2) is 85.2 Å². The highest BCUT2D eigenvalue weighted by atomic mass is 35.5. The Bertz CT molecular complexity index is 855. The Kier molecular flexibility index (Phi) is 6.67. The quantitative estimate of drug-likeness (QED) is 0.385. The highest BCUT2D eigenvalue weighted by Crippen LogP contribution is 2.07. The minimum atomic E-state index is 0. The van der Waals surface area contributed by atoms with Gasteiger partial charge in [-0.05, 0) is 18.6 Å². The van der Waals surface area contributed by atoms with Crippen molar-refractivity contribution in [2.45, 2.75) is 13.3 Å². The minimum absolute atomic E-state index is 0. The molecule has 0 N–H and O–H groups in total. The molecule has 0 unspecified atom stereocenters. The van der Waals surface area contributed by atoms with Gasteiger partial charge in [0, 0.05) is 23.6 Å². The molecule has 0 fully saturated rings. The molecule has 0 saturated heterocycles. The molecule has 0 bridgehead atoms. The molecule has 3 aromatic rings. The smallest absolute Gasteiger partial charge is 0.191 e. The van der Waals surface area contributed by atoms with E-state index in [2.05, 4.69) is 18.2 Å². The summed E-state index contributed by atoms with van der Waals surface area (Å²) < 4.78 is 1.92. The summed E-state index contributed by atoms with van der Waals surface area (Å²) in [5.41, 5.74) is 4.34. The van der Waals surface area contributed by atoms with Crippen LogP contribution in [0.4, 0.5) is 0 Å². The molecule has 0 aliphatic heterocycles. The van der Waals surface area contributed by atoms with Gasteiger partial charge in [0.1, 0.15) is 0 Å². The molecule has 126 valence electrons. The number of aromatic nitrogens is 1. The van der Waals surface area contributed by atoms with Gasteiger partial charge in [0.05, 0.1) is 6.08 Å². The van der Waals surface area contributed by atoms with Crippen LogP contribution in [-0.2, 0) is 6.42 Å². The van der Waals surface area contributed by atoms with Gasteiger partial charge < -0.3 is 12.4 Å². The molecular formula is C22H20ClNO. The molecule has 3 heteroatoms. The van der Waals surface area contributed by atoms with Gasteiger partial charge in [0.15, 0.2) is 24.4 Å². The van der Waals surface area contributed by atoms with Gasteiger partial charge >= 0.3 is 0 Å². The summed E-state index contributed by atoms with van der Waals surface area (Å²) in [6, 6.07) is 22.1. The van der Waals surface area contributed by atoms with E-state index in [9.17, 15) is 4.79 Å². The third-order valence-electron chi connectivity index (χ3n) is 3.87. The lowest BCUT2D eigenvalue weighted by molar-refractivity contribution is -0.568. The zero-order valence-electron chi connectivity index (χ0n) is 14.1. The Morgan fingerprint density at radius 2 is 1.60 bits per heavy atom. The van der Waals surface area contributed by atoms with E-state index >= 15 is 0 Å². The van der Waals surface area contributed by atoms with Gasteiger partial charge in [-0.3, -0.25) is 4.79 Å². The van der Waals surface area contributed by atoms with Gasteiger partial charge in [-0.2, -0.15) is 4.57 Å². The summed E-state index contributed by atoms with van der Waals surface area (Å²) in [6.07, 6.45) is 8.27. The van der Waals surface area contributed by atoms with Gasteiger partial charge in [0.2, 0.25) is 0 Å². The maximum atomic E-state index is 12.2. The molecule has 1 heterocycles. The lowest BCUT2D eigenvalue weighted by Gasteiger charge is -1.99. The number of carbonyl (C=O) groups is 1. The van der Waals surface area contributed by atoms with Crippen molar-refractivity contribution in [1.29, 1.82) is 0 Å². The van der Waals surface area contributed by atoms with E-state index in [-0.39, 0.29) is 18.2 Å². The first kappa shape index (κ1) is 18.6. The van der Waals surface area contributed by atoms with Crippen LogP contribution in [0.25, 0.3) is 6.20 Å². The number of allylic oxidation sites excluding steroid dienone is 1. The summed E-state index contributed by atoms with van der Waals surface area (Å²) in [7, 11) is 0. The van der Waals surface area contributed by atoms with Crippen molar-refractivity contribution in [3.63, 3.8) is 0 Å². The maximum Gasteiger partial charge on any atom is 0.191 e. The molecule has 2 aromatic carbocycles. The summed E-state index contributed by atoms with van der Waals surface area (Å²) in [6.45, 7) is 2.01. The first-order valence-electron chi connectivity index (χ1n) is 8.03. The lowest BCUT2D eigenvalue weighted by Crippen LogP contribution is -3.00. The molecular weight excluding hydrogens is 330 g/mol. The summed E-state index contributed by atoms with van der Waals surface area (Å²) >= 11 is 0. The number of carbonyl (C=O) groups excluding carboxylic acids is 1. The number of pyridine rings is 1. The molecule has 1 aromatic heterocycles. The lowest BCUT2D eigenvalue weighted by atomic mass is 10.1. The first-order valence-corrected chi connectivity index (χ1v) is 8.03. The third-order valence-corrected chi connectivity index (χ3v) is 3.87. The fourth-order valence-corrected chi connectivity index (χ4v) is 2.54. The van der Waals surface area contributed by atoms with Crippen LogP contribution in [0.3, 0.4) is 0 Å².